The number of para-hydroxylation sites is 1. The predicted molar refractivity (Wildman–Crippen MR) is 68.1 cm³/mol. The predicted octanol–water partition coefficient (Wildman–Crippen LogP) is 2.79. The summed E-state index contributed by atoms with van der Waals surface area (Å²) < 4.78 is 25.6. The molecule has 1 N–H and O–H groups in total. The summed E-state index contributed by atoms with van der Waals surface area (Å²) in [6.45, 7) is 3.76. The first-order valence-corrected chi connectivity index (χ1v) is 7.32. The van der Waals surface area contributed by atoms with Gasteiger partial charge in [-0.25, -0.2) is 8.42 Å². The molecule has 4 heteroatoms. The zero-order valence-corrected chi connectivity index (χ0v) is 10.7. The van der Waals surface area contributed by atoms with Crippen LogP contribution in [-0.4, -0.2) is 14.2 Å². The number of hydrogen-bond acceptors (Lipinski definition) is 2. The third-order valence-electron chi connectivity index (χ3n) is 2.46. The highest BCUT2D eigenvalue weighted by Crippen LogP contribution is 2.18. The van der Waals surface area contributed by atoms with Crippen molar-refractivity contribution in [2.24, 2.45) is 0 Å². The first-order chi connectivity index (χ1) is 7.59. The summed E-state index contributed by atoms with van der Waals surface area (Å²) in [5.74, 6) is 0.106. The van der Waals surface area contributed by atoms with Crippen LogP contribution in [0.5, 0.6) is 0 Å². The van der Waals surface area contributed by atoms with Crippen molar-refractivity contribution < 1.29 is 8.42 Å². The fourth-order valence-corrected chi connectivity index (χ4v) is 2.12. The molecule has 0 aliphatic heterocycles. The second kappa shape index (κ2) is 5.89. The number of benzene rings is 1. The topological polar surface area (TPSA) is 46.2 Å². The molecule has 0 aromatic heterocycles. The molecule has 0 radical (unpaired) electrons. The van der Waals surface area contributed by atoms with Crippen molar-refractivity contribution in [1.82, 2.24) is 0 Å². The van der Waals surface area contributed by atoms with Crippen LogP contribution in [0.1, 0.15) is 32.3 Å². The van der Waals surface area contributed by atoms with E-state index in [1.165, 1.54) is 0 Å². The van der Waals surface area contributed by atoms with Gasteiger partial charge < -0.3 is 0 Å². The molecule has 0 spiro atoms. The van der Waals surface area contributed by atoms with Crippen LogP contribution in [0.15, 0.2) is 24.3 Å². The second-order valence-electron chi connectivity index (χ2n) is 3.77. The van der Waals surface area contributed by atoms with Gasteiger partial charge in [0.15, 0.2) is 0 Å². The number of sulfonamides is 1. The molecule has 0 bridgehead atoms. The molecule has 1 rings (SSSR count). The summed E-state index contributed by atoms with van der Waals surface area (Å²) in [5.41, 5.74) is 1.79. The Labute approximate surface area is 97.9 Å². The number of aryl methyl sites for hydroxylation is 1. The molecule has 0 amide bonds. The lowest BCUT2D eigenvalue weighted by molar-refractivity contribution is 0.602. The summed E-state index contributed by atoms with van der Waals surface area (Å²) in [6, 6.07) is 7.58. The number of nitrogens with one attached hydrogen (secondary N) is 1. The normalized spacial score (nSPS) is 11.4. The summed E-state index contributed by atoms with van der Waals surface area (Å²) >= 11 is 0. The molecule has 0 saturated carbocycles. The highest BCUT2D eigenvalue weighted by atomic mass is 32.2. The Kier molecular flexibility index (Phi) is 4.80. The third kappa shape index (κ3) is 3.85. The van der Waals surface area contributed by atoms with E-state index in [1.807, 2.05) is 24.3 Å². The molecule has 0 unspecified atom stereocenters. The minimum atomic E-state index is -3.17. The van der Waals surface area contributed by atoms with E-state index < -0.39 is 10.0 Å². The van der Waals surface area contributed by atoms with Crippen LogP contribution in [0.25, 0.3) is 0 Å². The Balaban J connectivity index is 2.86. The van der Waals surface area contributed by atoms with Crippen LogP contribution >= 0.6 is 0 Å². The standard InChI is InChI=1S/C12H19NO2S/c1-3-5-8-11-9-6-7-10-12(11)13-16(14,15)4-2/h6-7,9-10,13H,3-5,8H2,1-2H3. The van der Waals surface area contributed by atoms with Gasteiger partial charge in [-0.15, -0.1) is 0 Å². The summed E-state index contributed by atoms with van der Waals surface area (Å²) in [7, 11) is -3.17. The Hall–Kier alpha value is -1.03. The van der Waals surface area contributed by atoms with Gasteiger partial charge in [-0.05, 0) is 31.4 Å². The average molecular weight is 241 g/mol. The van der Waals surface area contributed by atoms with Crippen LogP contribution in [0, 0.1) is 0 Å². The van der Waals surface area contributed by atoms with Gasteiger partial charge in [0.25, 0.3) is 0 Å². The molecule has 0 aliphatic carbocycles. The maximum absolute atomic E-state index is 11.5. The molecule has 3 nitrogen and oxygen atoms in total. The molecule has 0 heterocycles. The quantitative estimate of drug-likeness (QED) is 0.832. The maximum atomic E-state index is 11.5. The van der Waals surface area contributed by atoms with Gasteiger partial charge in [0.2, 0.25) is 10.0 Å². The maximum Gasteiger partial charge on any atom is 0.232 e. The molecular formula is C12H19NO2S. The largest absolute Gasteiger partial charge is 0.283 e. The Morgan fingerprint density at radius 3 is 2.50 bits per heavy atom. The lowest BCUT2D eigenvalue weighted by Crippen LogP contribution is -2.15. The minimum Gasteiger partial charge on any atom is -0.283 e. The van der Waals surface area contributed by atoms with Crippen LogP contribution in [0.3, 0.4) is 0 Å². The molecule has 0 fully saturated rings. The van der Waals surface area contributed by atoms with Crippen LogP contribution in [-0.2, 0) is 16.4 Å². The third-order valence-corrected chi connectivity index (χ3v) is 3.75. The highest BCUT2D eigenvalue weighted by molar-refractivity contribution is 7.92. The number of rotatable bonds is 6. The monoisotopic (exact) mass is 241 g/mol. The molecule has 0 saturated heterocycles. The van der Waals surface area contributed by atoms with Crippen molar-refractivity contribution in [3.63, 3.8) is 0 Å². The van der Waals surface area contributed by atoms with Gasteiger partial charge in [-0.3, -0.25) is 4.72 Å². The van der Waals surface area contributed by atoms with Crippen molar-refractivity contribution >= 4 is 15.7 Å². The fourth-order valence-electron chi connectivity index (χ4n) is 1.44. The van der Waals surface area contributed by atoms with Crippen molar-refractivity contribution in [2.75, 3.05) is 10.5 Å². The van der Waals surface area contributed by atoms with Crippen molar-refractivity contribution in [3.05, 3.63) is 29.8 Å². The summed E-state index contributed by atoms with van der Waals surface area (Å²) in [4.78, 5) is 0. The van der Waals surface area contributed by atoms with Crippen LogP contribution < -0.4 is 4.72 Å². The number of anilines is 1. The van der Waals surface area contributed by atoms with Crippen molar-refractivity contribution in [1.29, 1.82) is 0 Å². The lowest BCUT2D eigenvalue weighted by atomic mass is 10.1. The zero-order chi connectivity index (χ0) is 12.0. The number of hydrogen-bond donors (Lipinski definition) is 1. The van der Waals surface area contributed by atoms with Gasteiger partial charge in [0.05, 0.1) is 11.4 Å². The van der Waals surface area contributed by atoms with E-state index in [2.05, 4.69) is 11.6 Å². The molecular weight excluding hydrogens is 222 g/mol. The molecule has 16 heavy (non-hydrogen) atoms. The average Bonchev–Trinajstić information content (AvgIpc) is 2.27. The van der Waals surface area contributed by atoms with Gasteiger partial charge in [-0.1, -0.05) is 31.5 Å². The Morgan fingerprint density at radius 1 is 1.19 bits per heavy atom. The first kappa shape index (κ1) is 13.0. The number of unbranched alkanes of at least 4 members (excludes halogenated alkanes) is 1. The van der Waals surface area contributed by atoms with E-state index in [-0.39, 0.29) is 5.75 Å². The highest BCUT2D eigenvalue weighted by Gasteiger charge is 2.09. The van der Waals surface area contributed by atoms with E-state index in [9.17, 15) is 8.42 Å². The first-order valence-electron chi connectivity index (χ1n) is 5.67. The van der Waals surface area contributed by atoms with Gasteiger partial charge in [-0.2, -0.15) is 0 Å². The van der Waals surface area contributed by atoms with Gasteiger partial charge in [0, 0.05) is 0 Å². The Morgan fingerprint density at radius 2 is 1.88 bits per heavy atom. The van der Waals surface area contributed by atoms with E-state index >= 15 is 0 Å². The molecule has 1 aromatic carbocycles. The molecule has 0 aliphatic rings. The molecule has 90 valence electrons. The van der Waals surface area contributed by atoms with E-state index in [4.69, 9.17) is 0 Å². The minimum absolute atomic E-state index is 0.106. The van der Waals surface area contributed by atoms with Gasteiger partial charge >= 0.3 is 0 Å². The summed E-state index contributed by atoms with van der Waals surface area (Å²) in [5, 5.41) is 0. The smallest absolute Gasteiger partial charge is 0.232 e. The van der Waals surface area contributed by atoms with Crippen molar-refractivity contribution in [3.8, 4) is 0 Å². The fraction of sp³-hybridized carbons (Fsp3) is 0.500. The van der Waals surface area contributed by atoms with Crippen molar-refractivity contribution in [2.45, 2.75) is 33.1 Å². The van der Waals surface area contributed by atoms with E-state index in [1.54, 1.807) is 6.92 Å². The van der Waals surface area contributed by atoms with Crippen LogP contribution in [0.2, 0.25) is 0 Å². The second-order valence-corrected chi connectivity index (χ2v) is 5.78. The molecule has 1 aromatic rings. The lowest BCUT2D eigenvalue weighted by Gasteiger charge is -2.11. The SMILES string of the molecule is CCCCc1ccccc1NS(=O)(=O)CC. The van der Waals surface area contributed by atoms with Gasteiger partial charge in [0.1, 0.15) is 0 Å². The van der Waals surface area contributed by atoms with E-state index in [0.717, 1.165) is 30.5 Å². The van der Waals surface area contributed by atoms with Crippen LogP contribution in [0.4, 0.5) is 5.69 Å². The Bertz CT molecular complexity index is 426. The summed E-state index contributed by atoms with van der Waals surface area (Å²) in [6.07, 6.45) is 3.10. The van der Waals surface area contributed by atoms with E-state index in [0.29, 0.717) is 0 Å². The zero-order valence-electron chi connectivity index (χ0n) is 9.86. The molecule has 0 atom stereocenters.